The lowest BCUT2D eigenvalue weighted by Gasteiger charge is -2.37. The fourth-order valence-electron chi connectivity index (χ4n) is 3.45. The van der Waals surface area contributed by atoms with Crippen LogP contribution in [-0.4, -0.2) is 36.0 Å². The summed E-state index contributed by atoms with van der Waals surface area (Å²) in [5.41, 5.74) is 5.37. The van der Waals surface area contributed by atoms with Crippen LogP contribution in [0.3, 0.4) is 0 Å². The van der Waals surface area contributed by atoms with Crippen LogP contribution in [0.2, 0.25) is 0 Å². The third-order valence-electron chi connectivity index (χ3n) is 4.83. The van der Waals surface area contributed by atoms with Crippen molar-refractivity contribution in [3.8, 4) is 0 Å². The van der Waals surface area contributed by atoms with Gasteiger partial charge in [-0.1, -0.05) is 18.2 Å². The van der Waals surface area contributed by atoms with Crippen LogP contribution in [0.1, 0.15) is 44.6 Å². The minimum Gasteiger partial charge on any atom is -0.368 e. The number of hydrogen-bond acceptors (Lipinski definition) is 3. The third kappa shape index (κ3) is 3.66. The average molecular weight is 315 g/mol. The van der Waals surface area contributed by atoms with Crippen LogP contribution in [0, 0.1) is 0 Å². The molecule has 2 aliphatic rings. The fourth-order valence-corrected chi connectivity index (χ4v) is 3.45. The van der Waals surface area contributed by atoms with Crippen molar-refractivity contribution in [1.29, 1.82) is 0 Å². The van der Waals surface area contributed by atoms with Gasteiger partial charge in [0.25, 0.3) is 0 Å². The molecule has 3 rings (SSSR count). The highest BCUT2D eigenvalue weighted by molar-refractivity contribution is 5.82. The Morgan fingerprint density at radius 1 is 1.26 bits per heavy atom. The summed E-state index contributed by atoms with van der Waals surface area (Å²) in [5, 5.41) is 1.49. The summed E-state index contributed by atoms with van der Waals surface area (Å²) in [4.78, 5) is 26.3. The first-order valence-electron chi connectivity index (χ1n) is 8.59. The number of carbonyl (C=O) groups excluding carboxylic acids is 2. The van der Waals surface area contributed by atoms with Crippen molar-refractivity contribution < 1.29 is 9.59 Å². The van der Waals surface area contributed by atoms with Gasteiger partial charge in [0.15, 0.2) is 0 Å². The van der Waals surface area contributed by atoms with Gasteiger partial charge in [-0.05, 0) is 44.2 Å². The predicted octanol–water partition coefficient (Wildman–Crippen LogP) is 2.26. The SMILES string of the molecule is C[C@@H]1CCc2ccccc2N1CCC(=O)NN1CCCCC1=O. The first-order valence-corrected chi connectivity index (χ1v) is 8.59. The minimum absolute atomic E-state index is 0.0290. The molecule has 0 bridgehead atoms. The number of piperidine rings is 1. The smallest absolute Gasteiger partial charge is 0.240 e. The molecule has 0 aliphatic carbocycles. The van der Waals surface area contributed by atoms with Crippen LogP contribution in [-0.2, 0) is 16.0 Å². The number of nitrogens with one attached hydrogen (secondary N) is 1. The lowest BCUT2D eigenvalue weighted by Crippen LogP contribution is -2.49. The Labute approximate surface area is 137 Å². The molecule has 1 aromatic rings. The number of para-hydroxylation sites is 1. The summed E-state index contributed by atoms with van der Waals surface area (Å²) in [5.74, 6) is -0.0446. The summed E-state index contributed by atoms with van der Waals surface area (Å²) in [6.07, 6.45) is 5.04. The summed E-state index contributed by atoms with van der Waals surface area (Å²) in [7, 11) is 0. The van der Waals surface area contributed by atoms with Gasteiger partial charge in [0.2, 0.25) is 11.8 Å². The Kier molecular flexibility index (Phi) is 4.84. The van der Waals surface area contributed by atoms with Gasteiger partial charge in [-0.25, -0.2) is 0 Å². The molecular formula is C18H25N3O2. The van der Waals surface area contributed by atoms with Crippen molar-refractivity contribution in [3.05, 3.63) is 29.8 Å². The maximum absolute atomic E-state index is 12.2. The highest BCUT2D eigenvalue weighted by atomic mass is 16.2. The second kappa shape index (κ2) is 7.02. The van der Waals surface area contributed by atoms with Crippen molar-refractivity contribution in [3.63, 3.8) is 0 Å². The molecule has 5 heteroatoms. The molecule has 1 fully saturated rings. The quantitative estimate of drug-likeness (QED) is 0.927. The molecular weight excluding hydrogens is 290 g/mol. The number of rotatable bonds is 4. The average Bonchev–Trinajstić information content (AvgIpc) is 2.56. The van der Waals surface area contributed by atoms with Crippen LogP contribution in [0.5, 0.6) is 0 Å². The molecule has 23 heavy (non-hydrogen) atoms. The van der Waals surface area contributed by atoms with Gasteiger partial charge in [0.05, 0.1) is 0 Å². The topological polar surface area (TPSA) is 52.7 Å². The maximum atomic E-state index is 12.2. The Hall–Kier alpha value is -2.04. The second-order valence-corrected chi connectivity index (χ2v) is 6.50. The van der Waals surface area contributed by atoms with Crippen molar-refractivity contribution in [2.45, 2.75) is 51.5 Å². The van der Waals surface area contributed by atoms with Crippen LogP contribution in [0.25, 0.3) is 0 Å². The van der Waals surface area contributed by atoms with Crippen molar-refractivity contribution in [1.82, 2.24) is 10.4 Å². The molecule has 1 atom stereocenters. The molecule has 2 aliphatic heterocycles. The number of fused-ring (bicyclic) bond motifs is 1. The normalized spacial score (nSPS) is 21.1. The Morgan fingerprint density at radius 3 is 2.91 bits per heavy atom. The van der Waals surface area contributed by atoms with Crippen LogP contribution in [0.15, 0.2) is 24.3 Å². The molecule has 0 spiro atoms. The number of benzene rings is 1. The lowest BCUT2D eigenvalue weighted by atomic mass is 9.96. The molecule has 2 amide bonds. The number of amides is 2. The summed E-state index contributed by atoms with van der Waals surface area (Å²) < 4.78 is 0. The summed E-state index contributed by atoms with van der Waals surface area (Å²) in [6.45, 7) is 3.53. The van der Waals surface area contributed by atoms with E-state index in [1.807, 2.05) is 0 Å². The van der Waals surface area contributed by atoms with Crippen molar-refractivity contribution in [2.75, 3.05) is 18.0 Å². The van der Waals surface area contributed by atoms with Gasteiger partial charge in [-0.2, -0.15) is 0 Å². The lowest BCUT2D eigenvalue weighted by molar-refractivity contribution is -0.143. The molecule has 124 valence electrons. The number of nitrogens with zero attached hydrogens (tertiary/aromatic N) is 2. The molecule has 0 radical (unpaired) electrons. The van der Waals surface area contributed by atoms with E-state index in [9.17, 15) is 9.59 Å². The zero-order valence-corrected chi connectivity index (χ0v) is 13.8. The van der Waals surface area contributed by atoms with E-state index in [-0.39, 0.29) is 11.8 Å². The first kappa shape index (κ1) is 15.8. The van der Waals surface area contributed by atoms with Gasteiger partial charge in [0.1, 0.15) is 0 Å². The first-order chi connectivity index (χ1) is 11.1. The van der Waals surface area contributed by atoms with E-state index in [0.29, 0.717) is 32.0 Å². The highest BCUT2D eigenvalue weighted by Crippen LogP contribution is 2.30. The number of anilines is 1. The predicted molar refractivity (Wildman–Crippen MR) is 89.9 cm³/mol. The second-order valence-electron chi connectivity index (χ2n) is 6.50. The van der Waals surface area contributed by atoms with Crippen molar-refractivity contribution in [2.24, 2.45) is 0 Å². The highest BCUT2D eigenvalue weighted by Gasteiger charge is 2.24. The van der Waals surface area contributed by atoms with E-state index in [1.54, 1.807) is 0 Å². The van der Waals surface area contributed by atoms with Gasteiger partial charge < -0.3 is 4.90 Å². The summed E-state index contributed by atoms with van der Waals surface area (Å²) in [6, 6.07) is 8.87. The van der Waals surface area contributed by atoms with Gasteiger partial charge in [-0.15, -0.1) is 0 Å². The van der Waals surface area contributed by atoms with E-state index >= 15 is 0 Å². The number of hydrazine groups is 1. The standard InChI is InChI=1S/C18H25N3O2/c1-14-9-10-15-6-2-3-7-16(15)20(14)13-11-17(22)19-21-12-5-4-8-18(21)23/h2-3,6-7,14H,4-5,8-13H2,1H3,(H,19,22)/t14-/m1/s1. The van der Waals surface area contributed by atoms with E-state index < -0.39 is 0 Å². The number of carbonyl (C=O) groups is 2. The summed E-state index contributed by atoms with van der Waals surface area (Å²) >= 11 is 0. The largest absolute Gasteiger partial charge is 0.368 e. The van der Waals surface area contributed by atoms with E-state index in [4.69, 9.17) is 0 Å². The maximum Gasteiger partial charge on any atom is 0.240 e. The molecule has 0 saturated carbocycles. The van der Waals surface area contributed by atoms with Gasteiger partial charge in [0, 0.05) is 37.7 Å². The Balaban J connectivity index is 1.57. The number of aryl methyl sites for hydroxylation is 1. The van der Waals surface area contributed by atoms with Gasteiger partial charge in [-0.3, -0.25) is 20.0 Å². The Bertz CT molecular complexity index is 587. The van der Waals surface area contributed by atoms with Crippen molar-refractivity contribution >= 4 is 17.5 Å². The molecule has 0 unspecified atom stereocenters. The zero-order valence-electron chi connectivity index (χ0n) is 13.8. The van der Waals surface area contributed by atoms with Crippen LogP contribution >= 0.6 is 0 Å². The minimum atomic E-state index is -0.0736. The molecule has 0 aromatic heterocycles. The monoisotopic (exact) mass is 315 g/mol. The molecule has 1 aromatic carbocycles. The third-order valence-corrected chi connectivity index (χ3v) is 4.83. The Morgan fingerprint density at radius 2 is 2.09 bits per heavy atom. The van der Waals surface area contributed by atoms with Crippen LogP contribution in [0.4, 0.5) is 5.69 Å². The molecule has 1 N–H and O–H groups in total. The van der Waals surface area contributed by atoms with Crippen LogP contribution < -0.4 is 10.3 Å². The fraction of sp³-hybridized carbons (Fsp3) is 0.556. The molecule has 2 heterocycles. The van der Waals surface area contributed by atoms with E-state index in [2.05, 4.69) is 41.5 Å². The number of hydrogen-bond donors (Lipinski definition) is 1. The van der Waals surface area contributed by atoms with Gasteiger partial charge >= 0.3 is 0 Å². The molecule has 1 saturated heterocycles. The van der Waals surface area contributed by atoms with E-state index in [0.717, 1.165) is 25.7 Å². The zero-order chi connectivity index (χ0) is 16.2. The van der Waals surface area contributed by atoms with E-state index in [1.165, 1.54) is 16.3 Å². The molecule has 5 nitrogen and oxygen atoms in total.